The molecule has 1 aliphatic carbocycles. The van der Waals surface area contributed by atoms with Gasteiger partial charge >= 0.3 is 0 Å². The van der Waals surface area contributed by atoms with Crippen LogP contribution in [0.25, 0.3) is 0 Å². The molecule has 72 valence electrons. The van der Waals surface area contributed by atoms with Crippen molar-refractivity contribution in [1.82, 2.24) is 4.90 Å². The molecule has 2 fully saturated rings. The molecule has 0 bridgehead atoms. The Morgan fingerprint density at radius 2 is 2.38 bits per heavy atom. The Hall–Kier alpha value is -0.830. The number of fused-ring (bicyclic) bond motifs is 1. The van der Waals surface area contributed by atoms with Gasteiger partial charge in [0.1, 0.15) is 6.23 Å². The number of likely N-dealkylation sites (tertiary alicyclic amines) is 1. The number of aliphatic hydroxyl groups is 1. The van der Waals surface area contributed by atoms with Gasteiger partial charge in [-0.2, -0.15) is 0 Å². The van der Waals surface area contributed by atoms with Crippen LogP contribution in [0.4, 0.5) is 0 Å². The molecule has 2 rings (SSSR count). The average Bonchev–Trinajstić information content (AvgIpc) is 2.16. The number of amides is 1. The maximum Gasteiger partial charge on any atom is 0.228 e. The Morgan fingerprint density at radius 3 is 2.77 bits per heavy atom. The summed E-state index contributed by atoms with van der Waals surface area (Å²) in [5, 5.41) is 9.75. The van der Waals surface area contributed by atoms with Crippen LogP contribution in [0.15, 0.2) is 12.7 Å². The summed E-state index contributed by atoms with van der Waals surface area (Å²) in [6.45, 7) is 4.23. The zero-order chi connectivity index (χ0) is 9.42. The third-order valence-electron chi connectivity index (χ3n) is 3.20. The summed E-state index contributed by atoms with van der Waals surface area (Å²) < 4.78 is 0. The quantitative estimate of drug-likeness (QED) is 0.653. The van der Waals surface area contributed by atoms with E-state index in [9.17, 15) is 9.90 Å². The van der Waals surface area contributed by atoms with Gasteiger partial charge in [0.15, 0.2) is 0 Å². The van der Waals surface area contributed by atoms with Gasteiger partial charge in [-0.1, -0.05) is 6.08 Å². The van der Waals surface area contributed by atoms with E-state index in [0.717, 1.165) is 19.3 Å². The molecule has 0 spiro atoms. The monoisotopic (exact) mass is 181 g/mol. The van der Waals surface area contributed by atoms with E-state index in [4.69, 9.17) is 0 Å². The first-order valence-corrected chi connectivity index (χ1v) is 4.85. The number of rotatable bonds is 3. The first-order valence-electron chi connectivity index (χ1n) is 4.85. The molecule has 1 saturated heterocycles. The van der Waals surface area contributed by atoms with Gasteiger partial charge in [0, 0.05) is 18.4 Å². The number of carbonyl (C=O) groups excluding carboxylic acids is 1. The summed E-state index contributed by atoms with van der Waals surface area (Å²) in [4.78, 5) is 13.2. The second kappa shape index (κ2) is 3.14. The molecule has 1 N–H and O–H groups in total. The predicted octanol–water partition coefficient (Wildman–Crippen LogP) is 0.749. The lowest BCUT2D eigenvalue weighted by atomic mass is 9.75. The molecule has 3 heteroatoms. The Bertz CT molecular complexity index is 239. The molecule has 0 aromatic heterocycles. The molecule has 1 saturated carbocycles. The molecule has 0 aromatic rings. The number of carbonyl (C=O) groups is 1. The normalized spacial score (nSPS) is 37.2. The van der Waals surface area contributed by atoms with Gasteiger partial charge in [-0.3, -0.25) is 4.79 Å². The van der Waals surface area contributed by atoms with Crippen LogP contribution < -0.4 is 0 Å². The summed E-state index contributed by atoms with van der Waals surface area (Å²) in [6, 6.07) is 0. The molecule has 13 heavy (non-hydrogen) atoms. The van der Waals surface area contributed by atoms with Crippen LogP contribution >= 0.6 is 0 Å². The smallest absolute Gasteiger partial charge is 0.228 e. The second-order valence-electron chi connectivity index (χ2n) is 3.87. The predicted molar refractivity (Wildman–Crippen MR) is 48.7 cm³/mol. The fraction of sp³-hybridized carbons (Fsp3) is 0.700. The van der Waals surface area contributed by atoms with Crippen molar-refractivity contribution in [1.29, 1.82) is 0 Å². The average molecular weight is 181 g/mol. The summed E-state index contributed by atoms with van der Waals surface area (Å²) in [7, 11) is 0. The van der Waals surface area contributed by atoms with E-state index < -0.39 is 6.23 Å². The standard InChI is InChI=1S/C10H15NO2/c1-2-3-6-11-9(12)7-4-5-8(7)10(11)13/h2,7-9,12H,1,3-6H2. The maximum absolute atomic E-state index is 11.6. The third-order valence-corrected chi connectivity index (χ3v) is 3.20. The first kappa shape index (κ1) is 8.75. The lowest BCUT2D eigenvalue weighted by molar-refractivity contribution is -0.135. The topological polar surface area (TPSA) is 40.5 Å². The van der Waals surface area contributed by atoms with Crippen LogP contribution in [0.3, 0.4) is 0 Å². The van der Waals surface area contributed by atoms with E-state index in [2.05, 4.69) is 6.58 Å². The molecular weight excluding hydrogens is 166 g/mol. The summed E-state index contributed by atoms with van der Waals surface area (Å²) in [5.74, 6) is 0.489. The third kappa shape index (κ3) is 1.18. The van der Waals surface area contributed by atoms with Crippen molar-refractivity contribution < 1.29 is 9.90 Å². The van der Waals surface area contributed by atoms with Gasteiger partial charge in [-0.05, 0) is 19.3 Å². The van der Waals surface area contributed by atoms with Gasteiger partial charge in [0.05, 0.1) is 0 Å². The molecule has 3 nitrogen and oxygen atoms in total. The summed E-state index contributed by atoms with van der Waals surface area (Å²) >= 11 is 0. The van der Waals surface area contributed by atoms with E-state index in [0.29, 0.717) is 6.54 Å². The van der Waals surface area contributed by atoms with Crippen molar-refractivity contribution in [3.05, 3.63) is 12.7 Å². The fourth-order valence-corrected chi connectivity index (χ4v) is 2.24. The van der Waals surface area contributed by atoms with Crippen LogP contribution in [-0.4, -0.2) is 28.7 Å². The molecule has 3 atom stereocenters. The van der Waals surface area contributed by atoms with Crippen molar-refractivity contribution in [3.63, 3.8) is 0 Å². The molecule has 1 aliphatic heterocycles. The van der Waals surface area contributed by atoms with Gasteiger partial charge in [0.25, 0.3) is 0 Å². The highest BCUT2D eigenvalue weighted by Crippen LogP contribution is 2.44. The van der Waals surface area contributed by atoms with Crippen LogP contribution in [0, 0.1) is 11.8 Å². The van der Waals surface area contributed by atoms with Crippen LogP contribution in [0.2, 0.25) is 0 Å². The lowest BCUT2D eigenvalue weighted by Crippen LogP contribution is -2.35. The lowest BCUT2D eigenvalue weighted by Gasteiger charge is -2.28. The van der Waals surface area contributed by atoms with E-state index in [1.54, 1.807) is 11.0 Å². The van der Waals surface area contributed by atoms with E-state index in [-0.39, 0.29) is 17.7 Å². The molecule has 0 aromatic carbocycles. The van der Waals surface area contributed by atoms with Crippen molar-refractivity contribution in [2.45, 2.75) is 25.5 Å². The van der Waals surface area contributed by atoms with E-state index in [1.165, 1.54) is 0 Å². The number of hydrogen-bond donors (Lipinski definition) is 1. The maximum atomic E-state index is 11.6. The molecule has 1 amide bonds. The largest absolute Gasteiger partial charge is 0.373 e. The van der Waals surface area contributed by atoms with E-state index >= 15 is 0 Å². The molecule has 3 unspecified atom stereocenters. The van der Waals surface area contributed by atoms with Gasteiger partial charge in [-0.25, -0.2) is 0 Å². The Morgan fingerprint density at radius 1 is 1.62 bits per heavy atom. The number of aliphatic hydroxyl groups excluding tert-OH is 1. The van der Waals surface area contributed by atoms with Crippen LogP contribution in [0.5, 0.6) is 0 Å². The highest BCUT2D eigenvalue weighted by Gasteiger charge is 2.51. The molecule has 0 radical (unpaired) electrons. The minimum Gasteiger partial charge on any atom is -0.373 e. The number of hydrogen-bond acceptors (Lipinski definition) is 2. The SMILES string of the molecule is C=CCCN1C(=O)C2CCC2C1O. The second-order valence-corrected chi connectivity index (χ2v) is 3.87. The van der Waals surface area contributed by atoms with Crippen molar-refractivity contribution in [2.24, 2.45) is 11.8 Å². The Labute approximate surface area is 78.0 Å². The highest BCUT2D eigenvalue weighted by molar-refractivity contribution is 5.82. The highest BCUT2D eigenvalue weighted by atomic mass is 16.3. The van der Waals surface area contributed by atoms with Gasteiger partial charge in [-0.15, -0.1) is 6.58 Å². The fourth-order valence-electron chi connectivity index (χ4n) is 2.24. The molecule has 1 heterocycles. The Kier molecular flexibility index (Phi) is 2.12. The molecular formula is C10H15NO2. The zero-order valence-corrected chi connectivity index (χ0v) is 7.65. The minimum absolute atomic E-state index is 0.125. The van der Waals surface area contributed by atoms with Gasteiger partial charge < -0.3 is 10.0 Å². The number of nitrogens with zero attached hydrogens (tertiary/aromatic N) is 1. The van der Waals surface area contributed by atoms with Crippen molar-refractivity contribution >= 4 is 5.91 Å². The van der Waals surface area contributed by atoms with Crippen molar-refractivity contribution in [2.75, 3.05) is 6.54 Å². The van der Waals surface area contributed by atoms with E-state index in [1.807, 2.05) is 0 Å². The van der Waals surface area contributed by atoms with Gasteiger partial charge in [0.2, 0.25) is 5.91 Å². The van der Waals surface area contributed by atoms with Crippen LogP contribution in [0.1, 0.15) is 19.3 Å². The van der Waals surface area contributed by atoms with Crippen LogP contribution in [-0.2, 0) is 4.79 Å². The molecule has 2 aliphatic rings. The first-order chi connectivity index (χ1) is 6.25. The Balaban J connectivity index is 2.01. The van der Waals surface area contributed by atoms with Crippen molar-refractivity contribution in [3.8, 4) is 0 Å². The summed E-state index contributed by atoms with van der Waals surface area (Å²) in [6.07, 6.45) is 3.99. The zero-order valence-electron chi connectivity index (χ0n) is 7.65. The minimum atomic E-state index is -0.522. The summed E-state index contributed by atoms with van der Waals surface area (Å²) in [5.41, 5.74) is 0.